The van der Waals surface area contributed by atoms with E-state index in [1.54, 1.807) is 47.8 Å². The highest BCUT2D eigenvalue weighted by atomic mass is 32.1. The zero-order valence-corrected chi connectivity index (χ0v) is 16.6. The molecule has 9 heteroatoms. The molecule has 0 amide bonds. The molecule has 29 heavy (non-hydrogen) atoms. The molecule has 2 N–H and O–H groups in total. The minimum absolute atomic E-state index is 0.367. The summed E-state index contributed by atoms with van der Waals surface area (Å²) in [6.07, 6.45) is 3.36. The fourth-order valence-corrected chi connectivity index (χ4v) is 3.54. The first kappa shape index (κ1) is 18.7. The van der Waals surface area contributed by atoms with Crippen molar-refractivity contribution in [3.05, 3.63) is 59.0 Å². The molecule has 0 saturated carbocycles. The molecule has 4 aromatic rings. The molecule has 0 spiro atoms. The number of hydrogen-bond donors (Lipinski definition) is 1. The Bertz CT molecular complexity index is 1200. The normalized spacial score (nSPS) is 10.7. The molecule has 8 nitrogen and oxygen atoms in total. The van der Waals surface area contributed by atoms with Crippen molar-refractivity contribution in [3.8, 4) is 39.7 Å². The molecular formula is C20H17N7OS. The second kappa shape index (κ2) is 7.79. The minimum Gasteiger partial charge on any atom is -0.438 e. The van der Waals surface area contributed by atoms with E-state index in [4.69, 9.17) is 10.5 Å². The number of nitrogens with two attached hydrogens (primary N) is 1. The quantitative estimate of drug-likeness (QED) is 0.543. The van der Waals surface area contributed by atoms with Crippen molar-refractivity contribution in [2.45, 2.75) is 13.5 Å². The van der Waals surface area contributed by atoms with Gasteiger partial charge in [0, 0.05) is 37.6 Å². The van der Waals surface area contributed by atoms with Gasteiger partial charge in [-0.1, -0.05) is 0 Å². The average Bonchev–Trinajstić information content (AvgIpc) is 3.33. The average molecular weight is 403 g/mol. The first-order valence-electron chi connectivity index (χ1n) is 8.77. The highest BCUT2D eigenvalue weighted by molar-refractivity contribution is 7.13. The minimum atomic E-state index is 0.367. The van der Waals surface area contributed by atoms with E-state index in [1.165, 1.54) is 11.3 Å². The van der Waals surface area contributed by atoms with Crippen LogP contribution >= 0.6 is 11.3 Å². The number of rotatable bonds is 5. The van der Waals surface area contributed by atoms with E-state index in [2.05, 4.69) is 26.1 Å². The molecule has 0 unspecified atom stereocenters. The van der Waals surface area contributed by atoms with E-state index >= 15 is 0 Å². The molecule has 0 radical (unpaired) electrons. The van der Waals surface area contributed by atoms with Gasteiger partial charge in [0.15, 0.2) is 5.82 Å². The first-order chi connectivity index (χ1) is 14.1. The third-order valence-electron chi connectivity index (χ3n) is 4.32. The van der Waals surface area contributed by atoms with Crippen LogP contribution in [0, 0.1) is 18.3 Å². The van der Waals surface area contributed by atoms with Crippen molar-refractivity contribution in [1.82, 2.24) is 24.7 Å². The maximum atomic E-state index is 9.30. The Morgan fingerprint density at radius 2 is 2.00 bits per heavy atom. The molecule has 0 aliphatic carbocycles. The lowest BCUT2D eigenvalue weighted by molar-refractivity contribution is 0.432. The van der Waals surface area contributed by atoms with Gasteiger partial charge in [0.05, 0.1) is 33.3 Å². The standard InChI is InChI=1S/C20H17N7OS/c1-12-19(29-11-25-12)16-6-18(27(2)26-16)28-17-5-13(7-21)3-4-15(17)20-23-9-14(8-22)10-24-20/h3-6,9-11H,8,22H2,1-2H3. The van der Waals surface area contributed by atoms with Crippen molar-refractivity contribution in [3.63, 3.8) is 0 Å². The van der Waals surface area contributed by atoms with Crippen LogP contribution in [0.15, 0.2) is 42.2 Å². The summed E-state index contributed by atoms with van der Waals surface area (Å²) in [4.78, 5) is 14.0. The van der Waals surface area contributed by atoms with Gasteiger partial charge in [-0.3, -0.25) is 0 Å². The molecule has 0 saturated heterocycles. The van der Waals surface area contributed by atoms with Gasteiger partial charge in [-0.15, -0.1) is 11.3 Å². The maximum Gasteiger partial charge on any atom is 0.218 e. The lowest BCUT2D eigenvalue weighted by Gasteiger charge is -2.11. The van der Waals surface area contributed by atoms with Crippen LogP contribution in [0.25, 0.3) is 22.0 Å². The Hall–Kier alpha value is -3.61. The van der Waals surface area contributed by atoms with Crippen LogP contribution in [-0.2, 0) is 13.6 Å². The van der Waals surface area contributed by atoms with Crippen LogP contribution < -0.4 is 10.5 Å². The predicted octanol–water partition coefficient (Wildman–Crippen LogP) is 3.43. The fourth-order valence-electron chi connectivity index (χ4n) is 2.78. The topological polar surface area (TPSA) is 116 Å². The molecular weight excluding hydrogens is 386 g/mol. The van der Waals surface area contributed by atoms with Gasteiger partial charge < -0.3 is 10.5 Å². The number of aryl methyl sites for hydroxylation is 2. The molecule has 0 fully saturated rings. The second-order valence-corrected chi connectivity index (χ2v) is 7.16. The van der Waals surface area contributed by atoms with Gasteiger partial charge in [-0.05, 0) is 25.1 Å². The Morgan fingerprint density at radius 3 is 2.66 bits per heavy atom. The van der Waals surface area contributed by atoms with E-state index in [-0.39, 0.29) is 0 Å². The summed E-state index contributed by atoms with van der Waals surface area (Å²) in [5.74, 6) is 1.49. The zero-order chi connectivity index (χ0) is 20.4. The second-order valence-electron chi connectivity index (χ2n) is 6.30. The SMILES string of the molecule is Cc1ncsc1-c1cc(Oc2cc(C#N)ccc2-c2ncc(CN)cn2)n(C)n1. The number of ether oxygens (including phenoxy) is 1. The van der Waals surface area contributed by atoms with E-state index in [0.29, 0.717) is 35.1 Å². The summed E-state index contributed by atoms with van der Waals surface area (Å²) in [5, 5.41) is 13.8. The van der Waals surface area contributed by atoms with Crippen molar-refractivity contribution in [2.24, 2.45) is 12.8 Å². The first-order valence-corrected chi connectivity index (χ1v) is 9.65. The van der Waals surface area contributed by atoms with Crippen LogP contribution in [0.4, 0.5) is 0 Å². The Balaban J connectivity index is 1.74. The van der Waals surface area contributed by atoms with E-state index in [0.717, 1.165) is 21.8 Å². The van der Waals surface area contributed by atoms with Crippen LogP contribution in [0.2, 0.25) is 0 Å². The Labute approximate surface area is 171 Å². The molecule has 0 atom stereocenters. The van der Waals surface area contributed by atoms with Crippen LogP contribution in [0.5, 0.6) is 11.6 Å². The highest BCUT2D eigenvalue weighted by Gasteiger charge is 2.16. The van der Waals surface area contributed by atoms with Crippen molar-refractivity contribution < 1.29 is 4.74 Å². The monoisotopic (exact) mass is 403 g/mol. The fraction of sp³-hybridized carbons (Fsp3) is 0.150. The molecule has 0 aliphatic rings. The predicted molar refractivity (Wildman–Crippen MR) is 109 cm³/mol. The zero-order valence-electron chi connectivity index (χ0n) is 15.8. The molecule has 0 aliphatic heterocycles. The summed E-state index contributed by atoms with van der Waals surface area (Å²) in [6.45, 7) is 2.31. The third kappa shape index (κ3) is 3.71. The Morgan fingerprint density at radius 1 is 1.21 bits per heavy atom. The van der Waals surface area contributed by atoms with Gasteiger partial charge in [-0.25, -0.2) is 19.6 Å². The maximum absolute atomic E-state index is 9.30. The van der Waals surface area contributed by atoms with E-state index < -0.39 is 0 Å². The number of nitriles is 1. The number of aromatic nitrogens is 5. The summed E-state index contributed by atoms with van der Waals surface area (Å²) >= 11 is 1.52. The number of hydrogen-bond acceptors (Lipinski definition) is 8. The summed E-state index contributed by atoms with van der Waals surface area (Å²) < 4.78 is 7.79. The van der Waals surface area contributed by atoms with E-state index in [1.807, 2.05) is 13.0 Å². The molecule has 1 aromatic carbocycles. The smallest absolute Gasteiger partial charge is 0.218 e. The van der Waals surface area contributed by atoms with Crippen LogP contribution in [0.3, 0.4) is 0 Å². The molecule has 3 heterocycles. The van der Waals surface area contributed by atoms with E-state index in [9.17, 15) is 5.26 Å². The van der Waals surface area contributed by atoms with Gasteiger partial charge in [0.1, 0.15) is 11.4 Å². The lowest BCUT2D eigenvalue weighted by Crippen LogP contribution is -2.01. The summed E-state index contributed by atoms with van der Waals surface area (Å²) in [7, 11) is 1.80. The Kier molecular flexibility index (Phi) is 5.03. The van der Waals surface area contributed by atoms with Crippen LogP contribution in [-0.4, -0.2) is 24.7 Å². The summed E-state index contributed by atoms with van der Waals surface area (Å²) in [5.41, 5.74) is 11.1. The number of thiazole rings is 1. The van der Waals surface area contributed by atoms with Gasteiger partial charge >= 0.3 is 0 Å². The molecule has 4 rings (SSSR count). The summed E-state index contributed by atoms with van der Waals surface area (Å²) in [6, 6.07) is 9.13. The third-order valence-corrected chi connectivity index (χ3v) is 5.27. The molecule has 0 bridgehead atoms. The van der Waals surface area contributed by atoms with Crippen molar-refractivity contribution >= 4 is 11.3 Å². The van der Waals surface area contributed by atoms with Gasteiger partial charge in [0.2, 0.25) is 5.88 Å². The van der Waals surface area contributed by atoms with Crippen molar-refractivity contribution in [2.75, 3.05) is 0 Å². The highest BCUT2D eigenvalue weighted by Crippen LogP contribution is 2.35. The van der Waals surface area contributed by atoms with Crippen molar-refractivity contribution in [1.29, 1.82) is 5.26 Å². The van der Waals surface area contributed by atoms with Crippen LogP contribution in [0.1, 0.15) is 16.8 Å². The lowest BCUT2D eigenvalue weighted by atomic mass is 10.1. The molecule has 144 valence electrons. The number of nitrogens with zero attached hydrogens (tertiary/aromatic N) is 6. The van der Waals surface area contributed by atoms with Gasteiger partial charge in [-0.2, -0.15) is 10.4 Å². The number of benzene rings is 1. The van der Waals surface area contributed by atoms with Gasteiger partial charge in [0.25, 0.3) is 0 Å². The largest absolute Gasteiger partial charge is 0.438 e. The molecule has 3 aromatic heterocycles.